The van der Waals surface area contributed by atoms with Gasteiger partial charge in [0.25, 0.3) is 5.56 Å². The van der Waals surface area contributed by atoms with E-state index in [0.29, 0.717) is 33.5 Å². The summed E-state index contributed by atoms with van der Waals surface area (Å²) in [4.78, 5) is 29.5. The van der Waals surface area contributed by atoms with Gasteiger partial charge in [0.1, 0.15) is 4.70 Å². The molecule has 2 aromatic heterocycles. The van der Waals surface area contributed by atoms with Crippen LogP contribution in [0.15, 0.2) is 45.7 Å². The van der Waals surface area contributed by atoms with Crippen LogP contribution in [0, 0.1) is 0 Å². The fraction of sp³-hybridized carbons (Fsp3) is 0.316. The van der Waals surface area contributed by atoms with Gasteiger partial charge in [0, 0.05) is 18.1 Å². The van der Waals surface area contributed by atoms with Gasteiger partial charge in [0.05, 0.1) is 11.3 Å². The summed E-state index contributed by atoms with van der Waals surface area (Å²) in [6, 6.07) is 9.19. The number of carbonyl (C=O) groups excluding carboxylic acids is 1. The number of nitrogens with one attached hydrogen (secondary N) is 1. The lowest BCUT2D eigenvalue weighted by Crippen LogP contribution is -2.26. The van der Waals surface area contributed by atoms with E-state index in [0.717, 1.165) is 18.4 Å². The molecule has 3 aromatic rings. The van der Waals surface area contributed by atoms with Crippen LogP contribution in [0.2, 0.25) is 5.02 Å². The van der Waals surface area contributed by atoms with Crippen LogP contribution in [0.25, 0.3) is 10.2 Å². The fourth-order valence-corrected chi connectivity index (χ4v) is 4.29. The van der Waals surface area contributed by atoms with Crippen molar-refractivity contribution in [1.82, 2.24) is 14.9 Å². The number of carbonyl (C=O) groups is 1. The summed E-state index contributed by atoms with van der Waals surface area (Å²) in [5.41, 5.74) is 1.66. The van der Waals surface area contributed by atoms with E-state index < -0.39 is 0 Å². The molecule has 0 saturated heterocycles. The van der Waals surface area contributed by atoms with Gasteiger partial charge in [-0.25, -0.2) is 4.98 Å². The first kappa shape index (κ1) is 19.9. The lowest BCUT2D eigenvalue weighted by molar-refractivity contribution is -0.118. The highest BCUT2D eigenvalue weighted by Gasteiger charge is 2.14. The number of aromatic nitrogens is 2. The highest BCUT2D eigenvalue weighted by atomic mass is 35.5. The molecule has 3 rings (SSSR count). The molecule has 0 spiro atoms. The van der Waals surface area contributed by atoms with Crippen LogP contribution in [-0.2, 0) is 17.9 Å². The first-order chi connectivity index (χ1) is 13.1. The van der Waals surface area contributed by atoms with Crippen LogP contribution in [-0.4, -0.2) is 21.2 Å². The van der Waals surface area contributed by atoms with Crippen molar-refractivity contribution in [3.05, 3.63) is 56.7 Å². The Morgan fingerprint density at radius 2 is 2.07 bits per heavy atom. The fourth-order valence-electron chi connectivity index (χ4n) is 2.53. The zero-order chi connectivity index (χ0) is 19.2. The molecule has 1 amide bonds. The predicted molar refractivity (Wildman–Crippen MR) is 113 cm³/mol. The monoisotopic (exact) mass is 421 g/mol. The Bertz CT molecular complexity index is 983. The number of nitrogens with zero attached hydrogens (tertiary/aromatic N) is 2. The molecular weight excluding hydrogens is 402 g/mol. The lowest BCUT2D eigenvalue weighted by Gasteiger charge is -2.11. The molecule has 1 N–H and O–H groups in total. The summed E-state index contributed by atoms with van der Waals surface area (Å²) in [7, 11) is 0. The Kier molecular flexibility index (Phi) is 6.93. The van der Waals surface area contributed by atoms with Crippen molar-refractivity contribution in [3.8, 4) is 0 Å². The van der Waals surface area contributed by atoms with Crippen molar-refractivity contribution in [2.45, 2.75) is 38.0 Å². The largest absolute Gasteiger partial charge is 0.351 e. The van der Waals surface area contributed by atoms with Gasteiger partial charge in [-0.2, -0.15) is 0 Å². The van der Waals surface area contributed by atoms with E-state index in [1.54, 1.807) is 16.7 Å². The lowest BCUT2D eigenvalue weighted by atomic mass is 10.2. The molecule has 0 bridgehead atoms. The number of fused-ring (bicyclic) bond motifs is 1. The van der Waals surface area contributed by atoms with Gasteiger partial charge in [-0.1, -0.05) is 48.8 Å². The summed E-state index contributed by atoms with van der Waals surface area (Å²) in [5, 5.41) is 6.02. The Morgan fingerprint density at radius 1 is 1.30 bits per heavy atom. The molecule has 2 heterocycles. The second-order valence-electron chi connectivity index (χ2n) is 6.03. The van der Waals surface area contributed by atoms with Gasteiger partial charge in [-0.3, -0.25) is 14.2 Å². The number of rotatable bonds is 8. The molecule has 142 valence electrons. The molecule has 0 radical (unpaired) electrons. The van der Waals surface area contributed by atoms with E-state index in [2.05, 4.69) is 17.2 Å². The van der Waals surface area contributed by atoms with E-state index in [1.807, 2.05) is 23.6 Å². The number of amides is 1. The van der Waals surface area contributed by atoms with E-state index in [1.165, 1.54) is 23.1 Å². The van der Waals surface area contributed by atoms with E-state index in [9.17, 15) is 9.59 Å². The van der Waals surface area contributed by atoms with Gasteiger partial charge in [0.2, 0.25) is 5.91 Å². The smallest absolute Gasteiger partial charge is 0.272 e. The first-order valence-corrected chi connectivity index (χ1v) is 10.9. The van der Waals surface area contributed by atoms with Gasteiger partial charge in [-0.15, -0.1) is 11.3 Å². The molecule has 1 aromatic carbocycles. The third-order valence-corrected chi connectivity index (χ3v) is 6.12. The molecule has 8 heteroatoms. The zero-order valence-electron chi connectivity index (χ0n) is 14.9. The van der Waals surface area contributed by atoms with Crippen LogP contribution >= 0.6 is 34.7 Å². The Morgan fingerprint density at radius 3 is 2.81 bits per heavy atom. The second kappa shape index (κ2) is 9.39. The minimum Gasteiger partial charge on any atom is -0.351 e. The van der Waals surface area contributed by atoms with E-state index >= 15 is 0 Å². The van der Waals surface area contributed by atoms with Crippen LogP contribution in [0.5, 0.6) is 0 Å². The van der Waals surface area contributed by atoms with Gasteiger partial charge >= 0.3 is 0 Å². The average molecular weight is 422 g/mol. The molecule has 0 aliphatic carbocycles. The van der Waals surface area contributed by atoms with Crippen molar-refractivity contribution in [3.63, 3.8) is 0 Å². The number of unbranched alkanes of at least 4 members (excludes halogenated alkanes) is 1. The average Bonchev–Trinajstić information content (AvgIpc) is 3.14. The van der Waals surface area contributed by atoms with Gasteiger partial charge in [0.15, 0.2) is 5.16 Å². The predicted octanol–water partition coefficient (Wildman–Crippen LogP) is 4.32. The summed E-state index contributed by atoms with van der Waals surface area (Å²) in [5.74, 6) is 0.110. The second-order valence-corrected chi connectivity index (χ2v) is 8.33. The van der Waals surface area contributed by atoms with E-state index in [-0.39, 0.29) is 17.2 Å². The molecule has 0 unspecified atom stereocenters. The number of benzene rings is 1. The minimum absolute atomic E-state index is 0.0208. The number of hydrogen-bond acceptors (Lipinski definition) is 5. The summed E-state index contributed by atoms with van der Waals surface area (Å²) < 4.78 is 2.36. The molecule has 0 saturated carbocycles. The quantitative estimate of drug-likeness (QED) is 0.434. The Hall–Kier alpha value is -1.83. The molecular formula is C19H20ClN3O2S2. The number of thiophene rings is 1. The molecule has 5 nitrogen and oxygen atoms in total. The molecule has 0 fully saturated rings. The van der Waals surface area contributed by atoms with E-state index in [4.69, 9.17) is 11.6 Å². The van der Waals surface area contributed by atoms with Crippen LogP contribution < -0.4 is 10.9 Å². The maximum atomic E-state index is 12.7. The Balaban J connectivity index is 1.67. The SMILES string of the molecule is CCCCn1c(SCC(=O)NCc2ccc(Cl)cc2)nc2ccsc2c1=O. The van der Waals surface area contributed by atoms with Crippen LogP contribution in [0.3, 0.4) is 0 Å². The normalized spacial score (nSPS) is 11.0. The summed E-state index contributed by atoms with van der Waals surface area (Å²) in [6.45, 7) is 3.14. The number of hydrogen-bond donors (Lipinski definition) is 1. The van der Waals surface area contributed by atoms with Crippen molar-refractivity contribution >= 4 is 50.8 Å². The zero-order valence-corrected chi connectivity index (χ0v) is 17.3. The minimum atomic E-state index is -0.100. The van der Waals surface area contributed by atoms with Crippen LogP contribution in [0.1, 0.15) is 25.3 Å². The number of halogens is 1. The molecule has 27 heavy (non-hydrogen) atoms. The summed E-state index contributed by atoms with van der Waals surface area (Å²) >= 11 is 8.57. The first-order valence-electron chi connectivity index (χ1n) is 8.70. The standard InChI is InChI=1S/C19H20ClN3O2S2/c1-2-3-9-23-18(25)17-15(8-10-26-17)22-19(23)27-12-16(24)21-11-13-4-6-14(20)7-5-13/h4-8,10H,2-3,9,11-12H2,1H3,(H,21,24). The highest BCUT2D eigenvalue weighted by Crippen LogP contribution is 2.21. The molecule has 0 aliphatic rings. The van der Waals surface area contributed by atoms with Crippen molar-refractivity contribution in [1.29, 1.82) is 0 Å². The highest BCUT2D eigenvalue weighted by molar-refractivity contribution is 7.99. The maximum Gasteiger partial charge on any atom is 0.272 e. The topological polar surface area (TPSA) is 64.0 Å². The maximum absolute atomic E-state index is 12.7. The van der Waals surface area contributed by atoms with Crippen molar-refractivity contribution < 1.29 is 4.79 Å². The van der Waals surface area contributed by atoms with Crippen molar-refractivity contribution in [2.24, 2.45) is 0 Å². The molecule has 0 aliphatic heterocycles. The Labute approximate surface area is 170 Å². The number of thioether (sulfide) groups is 1. The molecule has 0 atom stereocenters. The third kappa shape index (κ3) is 5.12. The van der Waals surface area contributed by atoms with Gasteiger partial charge in [-0.05, 0) is 35.6 Å². The third-order valence-electron chi connectivity index (χ3n) is 4.00. The van der Waals surface area contributed by atoms with Gasteiger partial charge < -0.3 is 5.32 Å². The summed E-state index contributed by atoms with van der Waals surface area (Å²) in [6.07, 6.45) is 1.88. The van der Waals surface area contributed by atoms with Crippen molar-refractivity contribution in [2.75, 3.05) is 5.75 Å². The van der Waals surface area contributed by atoms with Crippen LogP contribution in [0.4, 0.5) is 0 Å².